The molecule has 3 aromatic rings. The molecule has 2 aliphatic rings. The van der Waals surface area contributed by atoms with Crippen molar-refractivity contribution < 1.29 is 13.9 Å². The van der Waals surface area contributed by atoms with Crippen molar-refractivity contribution in [3.05, 3.63) is 73.2 Å². The van der Waals surface area contributed by atoms with Crippen LogP contribution in [0.1, 0.15) is 37.0 Å². The fourth-order valence-electron chi connectivity index (χ4n) is 4.22. The van der Waals surface area contributed by atoms with Gasteiger partial charge in [-0.1, -0.05) is 29.5 Å². The molecule has 0 fully saturated rings. The summed E-state index contributed by atoms with van der Waals surface area (Å²) >= 11 is 1.29. The first kappa shape index (κ1) is 17.2. The fourth-order valence-corrected chi connectivity index (χ4v) is 5.30. The maximum atomic E-state index is 13.3. The third-order valence-electron chi connectivity index (χ3n) is 5.35. The molecule has 142 valence electrons. The fraction of sp³-hybridized carbons (Fsp3) is 0.286. The molecule has 2 aromatic heterocycles. The summed E-state index contributed by atoms with van der Waals surface area (Å²) < 4.78 is 13.9. The summed E-state index contributed by atoms with van der Waals surface area (Å²) in [6.45, 7) is 5.20. The van der Waals surface area contributed by atoms with Crippen LogP contribution in [0, 0.1) is 12.8 Å². The van der Waals surface area contributed by atoms with Gasteiger partial charge in [0.2, 0.25) is 5.72 Å². The smallest absolute Gasteiger partial charge is 0.271 e. The van der Waals surface area contributed by atoms with E-state index in [9.17, 15) is 9.59 Å². The van der Waals surface area contributed by atoms with Gasteiger partial charge in [-0.3, -0.25) is 14.2 Å². The number of ether oxygens (including phenoxy) is 1. The number of benzene rings is 1. The Kier molecular flexibility index (Phi) is 3.55. The summed E-state index contributed by atoms with van der Waals surface area (Å²) in [6.07, 6.45) is 1.72. The van der Waals surface area contributed by atoms with E-state index < -0.39 is 17.7 Å². The molecule has 3 atom stereocenters. The minimum Gasteiger partial charge on any atom is -0.465 e. The average molecular weight is 394 g/mol. The Morgan fingerprint density at radius 2 is 2.07 bits per heavy atom. The van der Waals surface area contributed by atoms with Crippen molar-refractivity contribution in [2.45, 2.75) is 32.5 Å². The number of aromatic nitrogens is 1. The number of nitrogens with zero attached hydrogens (tertiary/aromatic N) is 2. The molecule has 3 unspecified atom stereocenters. The van der Waals surface area contributed by atoms with Crippen LogP contribution in [0.4, 0.5) is 0 Å². The molecule has 7 heteroatoms. The number of para-hydroxylation sites is 1. The molecule has 28 heavy (non-hydrogen) atoms. The van der Waals surface area contributed by atoms with Crippen LogP contribution in [0.5, 0.6) is 5.75 Å². The van der Waals surface area contributed by atoms with Gasteiger partial charge in [0.25, 0.3) is 5.56 Å². The number of furan rings is 1. The van der Waals surface area contributed by atoms with Crippen LogP contribution in [0.2, 0.25) is 0 Å². The number of carbonyl (C=O) groups excluding carboxylic acids is 1. The Balaban J connectivity index is 1.82. The van der Waals surface area contributed by atoms with Crippen molar-refractivity contribution in [2.24, 2.45) is 10.9 Å². The van der Waals surface area contributed by atoms with Crippen LogP contribution in [-0.4, -0.2) is 16.1 Å². The number of fused-ring (bicyclic) bond motifs is 6. The van der Waals surface area contributed by atoms with Gasteiger partial charge in [-0.15, -0.1) is 0 Å². The van der Waals surface area contributed by atoms with Crippen molar-refractivity contribution in [2.75, 3.05) is 0 Å². The highest BCUT2D eigenvalue weighted by Crippen LogP contribution is 2.47. The van der Waals surface area contributed by atoms with E-state index in [0.29, 0.717) is 20.8 Å². The molecule has 1 aromatic carbocycles. The summed E-state index contributed by atoms with van der Waals surface area (Å²) in [5, 5.41) is 0. The Bertz CT molecular complexity index is 1300. The van der Waals surface area contributed by atoms with E-state index in [1.807, 2.05) is 50.2 Å². The van der Waals surface area contributed by atoms with Gasteiger partial charge in [-0.05, 0) is 39.0 Å². The van der Waals surface area contributed by atoms with E-state index in [4.69, 9.17) is 14.1 Å². The molecule has 0 N–H and O–H groups in total. The minimum atomic E-state index is -1.04. The third-order valence-corrected chi connectivity index (χ3v) is 6.34. The topological polar surface area (TPSA) is 73.8 Å². The lowest BCUT2D eigenvalue weighted by Gasteiger charge is -2.45. The summed E-state index contributed by atoms with van der Waals surface area (Å²) in [7, 11) is 0. The third kappa shape index (κ3) is 2.36. The summed E-state index contributed by atoms with van der Waals surface area (Å²) in [6, 6.07) is 10.8. The molecule has 2 aliphatic heterocycles. The Hall–Kier alpha value is -2.93. The Morgan fingerprint density at radius 3 is 2.79 bits per heavy atom. The summed E-state index contributed by atoms with van der Waals surface area (Å²) in [5.41, 5.74) is -0.384. The highest BCUT2D eigenvalue weighted by atomic mass is 32.1. The van der Waals surface area contributed by atoms with Crippen LogP contribution in [-0.2, 0) is 4.79 Å². The number of Topliss-reactive ketones (excluding diaryl/α,β-unsaturated/α-hetero) is 1. The predicted octanol–water partition coefficient (Wildman–Crippen LogP) is 2.18. The molecule has 6 nitrogen and oxygen atoms in total. The average Bonchev–Trinajstić information content (AvgIpc) is 3.16. The molecule has 0 saturated carbocycles. The zero-order valence-corrected chi connectivity index (χ0v) is 16.4. The molecule has 5 rings (SSSR count). The lowest BCUT2D eigenvalue weighted by Crippen LogP contribution is -2.58. The van der Waals surface area contributed by atoms with Gasteiger partial charge in [0.1, 0.15) is 29.0 Å². The molecule has 0 amide bonds. The van der Waals surface area contributed by atoms with E-state index in [1.165, 1.54) is 18.3 Å². The molecule has 0 saturated heterocycles. The van der Waals surface area contributed by atoms with Gasteiger partial charge < -0.3 is 9.15 Å². The molecule has 0 radical (unpaired) electrons. The van der Waals surface area contributed by atoms with Crippen molar-refractivity contribution in [1.29, 1.82) is 0 Å². The zero-order chi connectivity index (χ0) is 19.6. The highest BCUT2D eigenvalue weighted by Gasteiger charge is 2.53. The van der Waals surface area contributed by atoms with Gasteiger partial charge >= 0.3 is 0 Å². The number of hydrogen-bond acceptors (Lipinski definition) is 6. The van der Waals surface area contributed by atoms with E-state index in [-0.39, 0.29) is 11.3 Å². The molecular formula is C21H18N2O4S. The number of aryl methyl sites for hydroxylation is 1. The molecule has 0 spiro atoms. The maximum Gasteiger partial charge on any atom is 0.271 e. The number of thiazole rings is 1. The van der Waals surface area contributed by atoms with Crippen molar-refractivity contribution in [3.8, 4) is 5.75 Å². The van der Waals surface area contributed by atoms with Crippen LogP contribution >= 0.6 is 11.3 Å². The highest BCUT2D eigenvalue weighted by molar-refractivity contribution is 7.07. The normalized spacial score (nSPS) is 25.5. The first-order valence-corrected chi connectivity index (χ1v) is 9.87. The SMILES string of the molecule is CC(=O)C1C2c3ccccc3OC1(C)N=c1s/c(=C\c3ccc(C)o3)c(=O)n12. The van der Waals surface area contributed by atoms with Crippen molar-refractivity contribution >= 4 is 23.2 Å². The maximum absolute atomic E-state index is 13.3. The Labute approximate surface area is 164 Å². The monoisotopic (exact) mass is 394 g/mol. The van der Waals surface area contributed by atoms with E-state index >= 15 is 0 Å². The molecule has 4 heterocycles. The van der Waals surface area contributed by atoms with Gasteiger partial charge in [0.15, 0.2) is 4.80 Å². The van der Waals surface area contributed by atoms with Crippen LogP contribution in [0.25, 0.3) is 6.08 Å². The second kappa shape index (κ2) is 5.78. The van der Waals surface area contributed by atoms with Crippen molar-refractivity contribution in [1.82, 2.24) is 4.57 Å². The van der Waals surface area contributed by atoms with Gasteiger partial charge in [0, 0.05) is 11.6 Å². The number of carbonyl (C=O) groups is 1. The predicted molar refractivity (Wildman–Crippen MR) is 104 cm³/mol. The van der Waals surface area contributed by atoms with Crippen molar-refractivity contribution in [3.63, 3.8) is 0 Å². The van der Waals surface area contributed by atoms with Crippen LogP contribution in [0.3, 0.4) is 0 Å². The summed E-state index contributed by atoms with van der Waals surface area (Å²) in [5.74, 6) is 1.43. The number of ketones is 1. The lowest BCUT2D eigenvalue weighted by atomic mass is 9.79. The van der Waals surface area contributed by atoms with Crippen LogP contribution < -0.4 is 19.6 Å². The molecular weight excluding hydrogens is 376 g/mol. The lowest BCUT2D eigenvalue weighted by molar-refractivity contribution is -0.132. The van der Waals surface area contributed by atoms with Crippen LogP contribution in [0.15, 0.2) is 50.6 Å². The van der Waals surface area contributed by atoms with Gasteiger partial charge in [0.05, 0.1) is 10.6 Å². The Morgan fingerprint density at radius 1 is 1.29 bits per heavy atom. The first-order chi connectivity index (χ1) is 13.4. The molecule has 2 bridgehead atoms. The summed E-state index contributed by atoms with van der Waals surface area (Å²) in [4.78, 5) is 31.1. The first-order valence-electron chi connectivity index (χ1n) is 9.05. The standard InChI is InChI=1S/C21H18N2O4S/c1-11-8-9-13(26-11)10-16-19(25)23-18-14-6-4-5-7-15(14)27-21(3,17(18)12(2)24)22-20(23)28-16/h4-10,17-18H,1-3H3/b16-10-. The second-order valence-corrected chi connectivity index (χ2v) is 8.37. The largest absolute Gasteiger partial charge is 0.465 e. The van der Waals surface area contributed by atoms with E-state index in [1.54, 1.807) is 10.6 Å². The van der Waals surface area contributed by atoms with Gasteiger partial charge in [-0.25, -0.2) is 4.99 Å². The number of hydrogen-bond donors (Lipinski definition) is 0. The minimum absolute atomic E-state index is 0.0540. The number of rotatable bonds is 2. The second-order valence-electron chi connectivity index (χ2n) is 7.36. The van der Waals surface area contributed by atoms with E-state index in [0.717, 1.165) is 11.3 Å². The molecule has 0 aliphatic carbocycles. The van der Waals surface area contributed by atoms with Gasteiger partial charge in [-0.2, -0.15) is 0 Å². The quantitative estimate of drug-likeness (QED) is 0.668. The van der Waals surface area contributed by atoms with E-state index in [2.05, 4.69) is 0 Å². The zero-order valence-electron chi connectivity index (χ0n) is 15.6.